The van der Waals surface area contributed by atoms with Gasteiger partial charge in [-0.15, -0.1) is 0 Å². The van der Waals surface area contributed by atoms with E-state index in [9.17, 15) is 18.3 Å². The van der Waals surface area contributed by atoms with Gasteiger partial charge in [-0.05, 0) is 36.1 Å². The second kappa shape index (κ2) is 2.88. The van der Waals surface area contributed by atoms with Gasteiger partial charge in [0.2, 0.25) is 0 Å². The Morgan fingerprint density at radius 3 is 2.53 bits per heavy atom. The molecule has 82 valence electrons. The van der Waals surface area contributed by atoms with E-state index in [1.807, 2.05) is 0 Å². The highest BCUT2D eigenvalue weighted by Gasteiger charge is 2.57. The molecule has 1 unspecified atom stereocenters. The van der Waals surface area contributed by atoms with Crippen LogP contribution >= 0.6 is 0 Å². The van der Waals surface area contributed by atoms with Crippen molar-refractivity contribution >= 4 is 0 Å². The minimum absolute atomic E-state index is 0.0832. The summed E-state index contributed by atoms with van der Waals surface area (Å²) in [7, 11) is 0. The quantitative estimate of drug-likeness (QED) is 0.700. The summed E-state index contributed by atoms with van der Waals surface area (Å²) in [5, 5.41) is 18.7. The molecule has 0 saturated carbocycles. The molecule has 15 heavy (non-hydrogen) atoms. The minimum atomic E-state index is -4.67. The number of phenolic OH excluding ortho intramolecular Hbond substituents is 1. The highest BCUT2D eigenvalue weighted by Crippen LogP contribution is 2.48. The average Bonchev–Trinajstić information content (AvgIpc) is 2.43. The SMILES string of the molecule is Oc1ccc2c(c1)CCC2(O)C(F)(F)F. The summed E-state index contributed by atoms with van der Waals surface area (Å²) in [5.74, 6) is -0.0832. The molecule has 0 bridgehead atoms. The zero-order valence-electron chi connectivity index (χ0n) is 7.67. The van der Waals surface area contributed by atoms with E-state index in [0.29, 0.717) is 5.56 Å². The predicted molar refractivity (Wildman–Crippen MR) is 46.4 cm³/mol. The third kappa shape index (κ3) is 1.38. The number of aromatic hydroxyl groups is 1. The van der Waals surface area contributed by atoms with E-state index in [1.54, 1.807) is 0 Å². The van der Waals surface area contributed by atoms with Gasteiger partial charge in [0.05, 0.1) is 0 Å². The van der Waals surface area contributed by atoms with Crippen LogP contribution in [0.25, 0.3) is 0 Å². The molecular formula is C10H9F3O2. The maximum atomic E-state index is 12.6. The van der Waals surface area contributed by atoms with Gasteiger partial charge in [-0.3, -0.25) is 0 Å². The highest BCUT2D eigenvalue weighted by atomic mass is 19.4. The van der Waals surface area contributed by atoms with Crippen LogP contribution in [0, 0.1) is 0 Å². The second-order valence-electron chi connectivity index (χ2n) is 3.70. The zero-order chi connectivity index (χ0) is 11.3. The Hall–Kier alpha value is -1.23. The van der Waals surface area contributed by atoms with E-state index in [2.05, 4.69) is 0 Å². The first-order valence-electron chi connectivity index (χ1n) is 4.46. The summed E-state index contributed by atoms with van der Waals surface area (Å²) < 4.78 is 37.8. The topological polar surface area (TPSA) is 40.5 Å². The molecule has 1 aliphatic rings. The molecular weight excluding hydrogens is 209 g/mol. The average molecular weight is 218 g/mol. The third-order valence-corrected chi connectivity index (χ3v) is 2.76. The van der Waals surface area contributed by atoms with Crippen LogP contribution in [-0.4, -0.2) is 16.4 Å². The first kappa shape index (κ1) is 10.3. The molecule has 0 radical (unpaired) electrons. The Labute approximate surface area is 84.0 Å². The molecule has 1 aromatic rings. The Morgan fingerprint density at radius 1 is 1.27 bits per heavy atom. The third-order valence-electron chi connectivity index (χ3n) is 2.76. The van der Waals surface area contributed by atoms with E-state index in [-0.39, 0.29) is 24.2 Å². The van der Waals surface area contributed by atoms with Gasteiger partial charge in [0.25, 0.3) is 0 Å². The lowest BCUT2D eigenvalue weighted by Crippen LogP contribution is -2.40. The fraction of sp³-hybridized carbons (Fsp3) is 0.400. The zero-order valence-corrected chi connectivity index (χ0v) is 7.67. The van der Waals surface area contributed by atoms with Gasteiger partial charge in [0.1, 0.15) is 5.75 Å². The number of hydrogen-bond donors (Lipinski definition) is 2. The van der Waals surface area contributed by atoms with Crippen molar-refractivity contribution in [1.29, 1.82) is 0 Å². The summed E-state index contributed by atoms with van der Waals surface area (Å²) in [6.45, 7) is 0. The lowest BCUT2D eigenvalue weighted by atomic mass is 9.95. The summed E-state index contributed by atoms with van der Waals surface area (Å²) in [6, 6.07) is 3.55. The fourth-order valence-corrected chi connectivity index (χ4v) is 1.94. The normalized spacial score (nSPS) is 25.3. The van der Waals surface area contributed by atoms with Crippen LogP contribution in [0.15, 0.2) is 18.2 Å². The van der Waals surface area contributed by atoms with Gasteiger partial charge >= 0.3 is 6.18 Å². The van der Waals surface area contributed by atoms with Crippen LogP contribution in [0.4, 0.5) is 13.2 Å². The molecule has 1 aromatic carbocycles. The molecule has 2 rings (SSSR count). The fourth-order valence-electron chi connectivity index (χ4n) is 1.94. The second-order valence-corrected chi connectivity index (χ2v) is 3.70. The van der Waals surface area contributed by atoms with Crippen LogP contribution in [0.2, 0.25) is 0 Å². The van der Waals surface area contributed by atoms with Crippen molar-refractivity contribution in [2.75, 3.05) is 0 Å². The van der Waals surface area contributed by atoms with E-state index in [0.717, 1.165) is 12.1 Å². The standard InChI is InChI=1S/C10H9F3O2/c11-10(12,13)9(15)4-3-6-5-7(14)1-2-8(6)9/h1-2,5,14-15H,3-4H2. The van der Waals surface area contributed by atoms with Gasteiger partial charge in [0, 0.05) is 0 Å². The van der Waals surface area contributed by atoms with Crippen molar-refractivity contribution in [2.24, 2.45) is 0 Å². The maximum absolute atomic E-state index is 12.6. The van der Waals surface area contributed by atoms with E-state index >= 15 is 0 Å². The number of alkyl halides is 3. The number of hydrogen-bond acceptors (Lipinski definition) is 2. The van der Waals surface area contributed by atoms with Crippen LogP contribution in [-0.2, 0) is 12.0 Å². The van der Waals surface area contributed by atoms with Gasteiger partial charge in [-0.1, -0.05) is 6.07 Å². The molecule has 0 aromatic heterocycles. The molecule has 2 N–H and O–H groups in total. The monoisotopic (exact) mass is 218 g/mol. The van der Waals surface area contributed by atoms with Crippen LogP contribution in [0.1, 0.15) is 17.5 Å². The molecule has 5 heteroatoms. The minimum Gasteiger partial charge on any atom is -0.508 e. The molecule has 0 amide bonds. The first-order chi connectivity index (χ1) is 6.84. The lowest BCUT2D eigenvalue weighted by Gasteiger charge is -2.26. The Kier molecular flexibility index (Phi) is 1.98. The smallest absolute Gasteiger partial charge is 0.421 e. The van der Waals surface area contributed by atoms with Crippen molar-refractivity contribution in [3.63, 3.8) is 0 Å². The van der Waals surface area contributed by atoms with E-state index in [4.69, 9.17) is 5.11 Å². The first-order valence-corrected chi connectivity index (χ1v) is 4.46. The number of benzene rings is 1. The summed E-state index contributed by atoms with van der Waals surface area (Å²) >= 11 is 0. The number of fused-ring (bicyclic) bond motifs is 1. The molecule has 0 saturated heterocycles. The maximum Gasteiger partial charge on any atom is 0.421 e. The molecule has 0 fully saturated rings. The number of phenols is 1. The highest BCUT2D eigenvalue weighted by molar-refractivity contribution is 5.42. The van der Waals surface area contributed by atoms with E-state index < -0.39 is 11.8 Å². The van der Waals surface area contributed by atoms with Crippen molar-refractivity contribution in [2.45, 2.75) is 24.6 Å². The van der Waals surface area contributed by atoms with Gasteiger partial charge in [0.15, 0.2) is 5.60 Å². The molecule has 1 aliphatic carbocycles. The van der Waals surface area contributed by atoms with E-state index in [1.165, 1.54) is 6.07 Å². The Morgan fingerprint density at radius 2 is 1.93 bits per heavy atom. The van der Waals surface area contributed by atoms with Crippen molar-refractivity contribution in [1.82, 2.24) is 0 Å². The molecule has 2 nitrogen and oxygen atoms in total. The van der Waals surface area contributed by atoms with Crippen molar-refractivity contribution < 1.29 is 23.4 Å². The van der Waals surface area contributed by atoms with Gasteiger partial charge in [-0.25, -0.2) is 0 Å². The molecule has 1 atom stereocenters. The summed E-state index contributed by atoms with van der Waals surface area (Å²) in [6.07, 6.45) is -4.93. The van der Waals surface area contributed by atoms with Crippen molar-refractivity contribution in [3.05, 3.63) is 29.3 Å². The van der Waals surface area contributed by atoms with Crippen molar-refractivity contribution in [3.8, 4) is 5.75 Å². The van der Waals surface area contributed by atoms with Crippen LogP contribution in [0.5, 0.6) is 5.75 Å². The Bertz CT molecular complexity index is 400. The predicted octanol–water partition coefficient (Wildman–Crippen LogP) is 2.09. The molecule has 0 aliphatic heterocycles. The molecule has 0 heterocycles. The van der Waals surface area contributed by atoms with Gasteiger partial charge < -0.3 is 10.2 Å². The number of rotatable bonds is 0. The largest absolute Gasteiger partial charge is 0.508 e. The number of halogens is 3. The lowest BCUT2D eigenvalue weighted by molar-refractivity contribution is -0.265. The summed E-state index contributed by atoms with van der Waals surface area (Å²) in [5.41, 5.74) is -2.54. The van der Waals surface area contributed by atoms with Crippen LogP contribution < -0.4 is 0 Å². The van der Waals surface area contributed by atoms with Crippen LogP contribution in [0.3, 0.4) is 0 Å². The summed E-state index contributed by atoms with van der Waals surface area (Å²) in [4.78, 5) is 0. The van der Waals surface area contributed by atoms with Gasteiger partial charge in [-0.2, -0.15) is 13.2 Å². The number of aryl methyl sites for hydroxylation is 1. The Balaban J connectivity index is 2.53. The molecule has 0 spiro atoms. The number of aliphatic hydroxyl groups is 1.